The highest BCUT2D eigenvalue weighted by molar-refractivity contribution is 7.10. The molecule has 16 heavy (non-hydrogen) atoms. The highest BCUT2D eigenvalue weighted by atomic mass is 32.1. The second kappa shape index (κ2) is 5.43. The van der Waals surface area contributed by atoms with E-state index < -0.39 is 11.6 Å². The molecule has 0 saturated heterocycles. The van der Waals surface area contributed by atoms with E-state index in [0.29, 0.717) is 6.54 Å². The molecule has 1 rings (SSSR count). The molecule has 1 aromatic heterocycles. The minimum atomic E-state index is -1.70. The molecule has 0 aliphatic heterocycles. The van der Waals surface area contributed by atoms with Crippen LogP contribution in [0.4, 0.5) is 0 Å². The molecule has 0 bridgehead atoms. The zero-order valence-electron chi connectivity index (χ0n) is 9.49. The van der Waals surface area contributed by atoms with E-state index in [0.717, 1.165) is 6.42 Å². The van der Waals surface area contributed by atoms with E-state index in [2.05, 4.69) is 18.3 Å². The molecule has 90 valence electrons. The molecule has 1 heterocycles. The minimum Gasteiger partial charge on any atom is -0.479 e. The highest BCUT2D eigenvalue weighted by Crippen LogP contribution is 2.17. The van der Waals surface area contributed by atoms with Gasteiger partial charge in [-0.1, -0.05) is 6.92 Å². The first-order chi connectivity index (χ1) is 7.47. The normalized spacial score (nSPS) is 14.7. The van der Waals surface area contributed by atoms with Crippen molar-refractivity contribution in [1.29, 1.82) is 0 Å². The van der Waals surface area contributed by atoms with Crippen LogP contribution >= 0.6 is 11.3 Å². The van der Waals surface area contributed by atoms with Crippen molar-refractivity contribution in [3.8, 4) is 0 Å². The maximum absolute atomic E-state index is 10.6. The summed E-state index contributed by atoms with van der Waals surface area (Å²) in [6.45, 7) is 4.02. The van der Waals surface area contributed by atoms with Gasteiger partial charge in [0.15, 0.2) is 5.60 Å². The second-order valence-electron chi connectivity index (χ2n) is 3.91. The summed E-state index contributed by atoms with van der Waals surface area (Å²) in [6, 6.07) is 2.07. The van der Waals surface area contributed by atoms with Crippen molar-refractivity contribution in [3.05, 3.63) is 21.9 Å². The van der Waals surface area contributed by atoms with Gasteiger partial charge in [-0.3, -0.25) is 0 Å². The quantitative estimate of drug-likeness (QED) is 0.703. The van der Waals surface area contributed by atoms with Crippen LogP contribution in [-0.2, 0) is 17.8 Å². The number of aryl methyl sites for hydroxylation is 1. The van der Waals surface area contributed by atoms with Crippen LogP contribution in [0.3, 0.4) is 0 Å². The molecule has 0 fully saturated rings. The third-order valence-electron chi connectivity index (χ3n) is 2.43. The van der Waals surface area contributed by atoms with Gasteiger partial charge in [-0.2, -0.15) is 0 Å². The second-order valence-corrected chi connectivity index (χ2v) is 4.91. The Morgan fingerprint density at radius 2 is 2.31 bits per heavy atom. The first-order valence-corrected chi connectivity index (χ1v) is 6.07. The van der Waals surface area contributed by atoms with E-state index in [1.165, 1.54) is 17.4 Å². The number of carbonyl (C=O) groups is 1. The van der Waals surface area contributed by atoms with Crippen molar-refractivity contribution >= 4 is 17.3 Å². The van der Waals surface area contributed by atoms with E-state index >= 15 is 0 Å². The number of hydrogen-bond acceptors (Lipinski definition) is 4. The van der Waals surface area contributed by atoms with Gasteiger partial charge in [-0.15, -0.1) is 11.3 Å². The smallest absolute Gasteiger partial charge is 0.336 e. The molecule has 1 aromatic rings. The van der Waals surface area contributed by atoms with Crippen LogP contribution in [0.2, 0.25) is 0 Å². The van der Waals surface area contributed by atoms with Crippen LogP contribution in [-0.4, -0.2) is 28.3 Å². The summed E-state index contributed by atoms with van der Waals surface area (Å²) >= 11 is 1.64. The molecule has 1 atom stereocenters. The number of nitrogens with one attached hydrogen (secondary N) is 1. The Morgan fingerprint density at radius 3 is 2.88 bits per heavy atom. The molecule has 3 N–H and O–H groups in total. The van der Waals surface area contributed by atoms with Crippen molar-refractivity contribution in [3.63, 3.8) is 0 Å². The lowest BCUT2D eigenvalue weighted by molar-refractivity contribution is -0.156. The Kier molecular flexibility index (Phi) is 4.46. The standard InChI is InChI=1S/C11H17NO3S/c1-3-8-4-5-16-9(8)6-12-7-11(2,15)10(13)14/h4-5,12,15H,3,6-7H2,1-2H3,(H,13,14). The molecular formula is C11H17NO3S. The summed E-state index contributed by atoms with van der Waals surface area (Å²) in [5.74, 6) is -1.21. The maximum atomic E-state index is 10.6. The molecule has 0 saturated carbocycles. The summed E-state index contributed by atoms with van der Waals surface area (Å²) in [5, 5.41) is 23.2. The topological polar surface area (TPSA) is 69.6 Å². The maximum Gasteiger partial charge on any atom is 0.336 e. The Balaban J connectivity index is 2.44. The lowest BCUT2D eigenvalue weighted by Gasteiger charge is -2.18. The first-order valence-electron chi connectivity index (χ1n) is 5.19. The fourth-order valence-electron chi connectivity index (χ4n) is 1.33. The largest absolute Gasteiger partial charge is 0.479 e. The molecule has 0 spiro atoms. The summed E-state index contributed by atoms with van der Waals surface area (Å²) in [4.78, 5) is 11.8. The van der Waals surface area contributed by atoms with E-state index in [1.807, 2.05) is 5.38 Å². The predicted octanol–water partition coefficient (Wildman–Crippen LogP) is 1.24. The molecule has 0 amide bonds. The number of thiophene rings is 1. The van der Waals surface area contributed by atoms with Gasteiger partial charge in [-0.05, 0) is 30.4 Å². The molecule has 0 aliphatic rings. The number of rotatable bonds is 6. The monoisotopic (exact) mass is 243 g/mol. The van der Waals surface area contributed by atoms with Crippen LogP contribution in [0.5, 0.6) is 0 Å². The fourth-order valence-corrected chi connectivity index (χ4v) is 2.28. The van der Waals surface area contributed by atoms with Crippen LogP contribution < -0.4 is 5.32 Å². The summed E-state index contributed by atoms with van der Waals surface area (Å²) in [5.41, 5.74) is -0.434. The molecule has 4 nitrogen and oxygen atoms in total. The number of aliphatic hydroxyl groups is 1. The first kappa shape index (κ1) is 13.2. The summed E-state index contributed by atoms with van der Waals surface area (Å²) in [7, 11) is 0. The Bertz CT molecular complexity index is 360. The Labute approximate surface area is 98.9 Å². The lowest BCUT2D eigenvalue weighted by atomic mass is 10.1. The van der Waals surface area contributed by atoms with Crippen molar-refractivity contribution in [2.24, 2.45) is 0 Å². The SMILES string of the molecule is CCc1ccsc1CNCC(C)(O)C(=O)O. The van der Waals surface area contributed by atoms with Gasteiger partial charge in [0.25, 0.3) is 0 Å². The minimum absolute atomic E-state index is 0.0450. The van der Waals surface area contributed by atoms with Crippen LogP contribution in [0, 0.1) is 0 Å². The van der Waals surface area contributed by atoms with Gasteiger partial charge in [0.1, 0.15) is 0 Å². The third-order valence-corrected chi connectivity index (χ3v) is 3.40. The lowest BCUT2D eigenvalue weighted by Crippen LogP contribution is -2.44. The van der Waals surface area contributed by atoms with Gasteiger partial charge >= 0.3 is 5.97 Å². The summed E-state index contributed by atoms with van der Waals surface area (Å²) < 4.78 is 0. The van der Waals surface area contributed by atoms with Gasteiger partial charge in [0.2, 0.25) is 0 Å². The molecule has 0 aliphatic carbocycles. The van der Waals surface area contributed by atoms with Gasteiger partial charge in [0, 0.05) is 18.0 Å². The Hall–Kier alpha value is -0.910. The Morgan fingerprint density at radius 1 is 1.62 bits per heavy atom. The fraction of sp³-hybridized carbons (Fsp3) is 0.545. The van der Waals surface area contributed by atoms with Crippen molar-refractivity contribution in [1.82, 2.24) is 5.32 Å². The molecule has 5 heteroatoms. The van der Waals surface area contributed by atoms with Crippen LogP contribution in [0.1, 0.15) is 24.3 Å². The van der Waals surface area contributed by atoms with E-state index in [9.17, 15) is 9.90 Å². The van der Waals surface area contributed by atoms with Crippen LogP contribution in [0.15, 0.2) is 11.4 Å². The summed E-state index contributed by atoms with van der Waals surface area (Å²) in [6.07, 6.45) is 0.968. The van der Waals surface area contributed by atoms with Crippen molar-refractivity contribution < 1.29 is 15.0 Å². The molecule has 0 aromatic carbocycles. The van der Waals surface area contributed by atoms with E-state index in [1.54, 1.807) is 11.3 Å². The average molecular weight is 243 g/mol. The predicted molar refractivity (Wildman–Crippen MR) is 63.7 cm³/mol. The molecule has 0 radical (unpaired) electrons. The van der Waals surface area contributed by atoms with Crippen LogP contribution in [0.25, 0.3) is 0 Å². The number of aliphatic carboxylic acids is 1. The van der Waals surface area contributed by atoms with Gasteiger partial charge < -0.3 is 15.5 Å². The van der Waals surface area contributed by atoms with Crippen molar-refractivity contribution in [2.75, 3.05) is 6.54 Å². The van der Waals surface area contributed by atoms with Gasteiger partial charge in [-0.25, -0.2) is 4.79 Å². The van der Waals surface area contributed by atoms with Crippen molar-refractivity contribution in [2.45, 2.75) is 32.4 Å². The zero-order chi connectivity index (χ0) is 12.2. The number of hydrogen-bond donors (Lipinski definition) is 3. The van der Waals surface area contributed by atoms with E-state index in [-0.39, 0.29) is 6.54 Å². The molecular weight excluding hydrogens is 226 g/mol. The van der Waals surface area contributed by atoms with E-state index in [4.69, 9.17) is 5.11 Å². The third kappa shape index (κ3) is 3.30. The highest BCUT2D eigenvalue weighted by Gasteiger charge is 2.29. The zero-order valence-corrected chi connectivity index (χ0v) is 10.3. The number of carboxylic acid groups (broad SMARTS) is 1. The molecule has 1 unspecified atom stereocenters. The van der Waals surface area contributed by atoms with Gasteiger partial charge in [0.05, 0.1) is 0 Å². The number of carboxylic acids is 1. The average Bonchev–Trinajstić information content (AvgIpc) is 2.64.